The highest BCUT2D eigenvalue weighted by atomic mass is 14.8. The summed E-state index contributed by atoms with van der Waals surface area (Å²) in [6, 6.07) is 0. The molecule has 0 bridgehead atoms. The van der Waals surface area contributed by atoms with Gasteiger partial charge in [0.15, 0.2) is 0 Å². The Balaban J connectivity index is 2.63. The molecular formula is C8H16N2. The van der Waals surface area contributed by atoms with Crippen LogP contribution in [0, 0.1) is 11.8 Å². The lowest BCUT2D eigenvalue weighted by atomic mass is 9.86. The Kier molecular flexibility index (Phi) is 2.44. The monoisotopic (exact) mass is 140 g/mol. The maximum Gasteiger partial charge on any atom is 0.0391 e. The van der Waals surface area contributed by atoms with Crippen LogP contribution in [0.1, 0.15) is 20.3 Å². The van der Waals surface area contributed by atoms with E-state index in [1.807, 2.05) is 0 Å². The van der Waals surface area contributed by atoms with Crippen LogP contribution >= 0.6 is 0 Å². The van der Waals surface area contributed by atoms with E-state index in [9.17, 15) is 0 Å². The molecule has 2 N–H and O–H groups in total. The van der Waals surface area contributed by atoms with Gasteiger partial charge in [-0.2, -0.15) is 0 Å². The number of aliphatic imine (C=N–C) groups is 1. The van der Waals surface area contributed by atoms with Gasteiger partial charge in [0.05, 0.1) is 0 Å². The zero-order valence-electron chi connectivity index (χ0n) is 6.80. The van der Waals surface area contributed by atoms with Crippen LogP contribution in [0.5, 0.6) is 0 Å². The van der Waals surface area contributed by atoms with Gasteiger partial charge in [-0.05, 0) is 19.3 Å². The molecule has 2 atom stereocenters. The molecule has 10 heavy (non-hydrogen) atoms. The molecule has 0 spiro atoms. The van der Waals surface area contributed by atoms with Crippen molar-refractivity contribution in [2.45, 2.75) is 20.3 Å². The van der Waals surface area contributed by atoms with Crippen LogP contribution in [0.4, 0.5) is 0 Å². The third-order valence-electron chi connectivity index (χ3n) is 2.42. The Bertz CT molecular complexity index is 140. The topological polar surface area (TPSA) is 38.4 Å². The number of hydrogen-bond acceptors (Lipinski definition) is 2. The SMILES string of the molecule is CC1=NCCC(C)[C@H]1CN. The van der Waals surface area contributed by atoms with E-state index in [1.54, 1.807) is 0 Å². The molecule has 0 aromatic carbocycles. The van der Waals surface area contributed by atoms with Gasteiger partial charge in [0, 0.05) is 24.7 Å². The number of hydrogen-bond donors (Lipinski definition) is 1. The minimum atomic E-state index is 0.550. The Labute approximate surface area is 62.5 Å². The highest BCUT2D eigenvalue weighted by Crippen LogP contribution is 2.20. The van der Waals surface area contributed by atoms with Gasteiger partial charge in [-0.1, -0.05) is 6.92 Å². The largest absolute Gasteiger partial charge is 0.330 e. The Hall–Kier alpha value is -0.370. The zero-order valence-corrected chi connectivity index (χ0v) is 6.80. The first kappa shape index (κ1) is 7.73. The minimum absolute atomic E-state index is 0.550. The van der Waals surface area contributed by atoms with E-state index in [0.29, 0.717) is 5.92 Å². The van der Waals surface area contributed by atoms with Gasteiger partial charge in [-0.3, -0.25) is 4.99 Å². The molecule has 2 nitrogen and oxygen atoms in total. The summed E-state index contributed by atoms with van der Waals surface area (Å²) in [6.07, 6.45) is 1.21. The van der Waals surface area contributed by atoms with Gasteiger partial charge in [0.1, 0.15) is 0 Å². The molecule has 0 saturated heterocycles. The molecule has 0 radical (unpaired) electrons. The van der Waals surface area contributed by atoms with Crippen LogP contribution in [0.15, 0.2) is 4.99 Å². The summed E-state index contributed by atoms with van der Waals surface area (Å²) in [5.74, 6) is 1.29. The Morgan fingerprint density at radius 3 is 2.80 bits per heavy atom. The van der Waals surface area contributed by atoms with Gasteiger partial charge in [-0.15, -0.1) is 0 Å². The van der Waals surface area contributed by atoms with Crippen molar-refractivity contribution in [1.82, 2.24) is 0 Å². The van der Waals surface area contributed by atoms with Crippen molar-refractivity contribution in [2.24, 2.45) is 22.6 Å². The van der Waals surface area contributed by atoms with Crippen molar-refractivity contribution in [1.29, 1.82) is 0 Å². The molecule has 58 valence electrons. The van der Waals surface area contributed by atoms with E-state index in [2.05, 4.69) is 18.8 Å². The van der Waals surface area contributed by atoms with E-state index >= 15 is 0 Å². The fourth-order valence-corrected chi connectivity index (χ4v) is 1.58. The van der Waals surface area contributed by atoms with Crippen LogP contribution in [0.25, 0.3) is 0 Å². The lowest BCUT2D eigenvalue weighted by molar-refractivity contribution is 0.415. The van der Waals surface area contributed by atoms with Crippen molar-refractivity contribution in [3.05, 3.63) is 0 Å². The summed E-state index contributed by atoms with van der Waals surface area (Å²) >= 11 is 0. The lowest BCUT2D eigenvalue weighted by Gasteiger charge is -2.26. The highest BCUT2D eigenvalue weighted by Gasteiger charge is 2.21. The van der Waals surface area contributed by atoms with Crippen LogP contribution < -0.4 is 5.73 Å². The maximum absolute atomic E-state index is 5.60. The summed E-state index contributed by atoms with van der Waals surface area (Å²) in [5.41, 5.74) is 6.85. The van der Waals surface area contributed by atoms with Gasteiger partial charge in [0.2, 0.25) is 0 Å². The van der Waals surface area contributed by atoms with Crippen molar-refractivity contribution >= 4 is 5.71 Å². The van der Waals surface area contributed by atoms with E-state index < -0.39 is 0 Å². The second-order valence-electron chi connectivity index (χ2n) is 3.13. The average molecular weight is 140 g/mol. The Morgan fingerprint density at radius 1 is 1.70 bits per heavy atom. The molecule has 1 heterocycles. The first-order chi connectivity index (χ1) is 4.75. The second-order valence-corrected chi connectivity index (χ2v) is 3.13. The first-order valence-corrected chi connectivity index (χ1v) is 3.96. The van der Waals surface area contributed by atoms with Gasteiger partial charge < -0.3 is 5.73 Å². The molecule has 1 unspecified atom stereocenters. The quantitative estimate of drug-likeness (QED) is 0.581. The average Bonchev–Trinajstić information content (AvgIpc) is 1.88. The van der Waals surface area contributed by atoms with E-state index in [1.165, 1.54) is 12.1 Å². The van der Waals surface area contributed by atoms with Crippen LogP contribution in [0.3, 0.4) is 0 Å². The third-order valence-corrected chi connectivity index (χ3v) is 2.42. The smallest absolute Gasteiger partial charge is 0.0391 e. The van der Waals surface area contributed by atoms with Crippen molar-refractivity contribution < 1.29 is 0 Å². The molecule has 1 rings (SSSR count). The molecule has 1 aliphatic heterocycles. The molecule has 2 heteroatoms. The van der Waals surface area contributed by atoms with Gasteiger partial charge in [0.25, 0.3) is 0 Å². The van der Waals surface area contributed by atoms with E-state index in [-0.39, 0.29) is 0 Å². The van der Waals surface area contributed by atoms with Gasteiger partial charge >= 0.3 is 0 Å². The number of nitrogens with zero attached hydrogens (tertiary/aromatic N) is 1. The van der Waals surface area contributed by atoms with Gasteiger partial charge in [-0.25, -0.2) is 0 Å². The molecule has 0 fully saturated rings. The van der Waals surface area contributed by atoms with Crippen LogP contribution in [-0.4, -0.2) is 18.8 Å². The number of rotatable bonds is 1. The summed E-state index contributed by atoms with van der Waals surface area (Å²) < 4.78 is 0. The van der Waals surface area contributed by atoms with Crippen molar-refractivity contribution in [2.75, 3.05) is 13.1 Å². The summed E-state index contributed by atoms with van der Waals surface area (Å²) in [4.78, 5) is 4.37. The van der Waals surface area contributed by atoms with Crippen molar-refractivity contribution in [3.8, 4) is 0 Å². The minimum Gasteiger partial charge on any atom is -0.330 e. The number of nitrogens with two attached hydrogens (primary N) is 1. The molecule has 1 aliphatic rings. The zero-order chi connectivity index (χ0) is 7.56. The standard InChI is InChI=1S/C8H16N2/c1-6-3-4-10-7(2)8(6)5-9/h6,8H,3-5,9H2,1-2H3/t6?,8-/m1/s1. The lowest BCUT2D eigenvalue weighted by Crippen LogP contribution is -2.31. The molecule has 0 amide bonds. The Morgan fingerprint density at radius 2 is 2.40 bits per heavy atom. The van der Waals surface area contributed by atoms with Crippen molar-refractivity contribution in [3.63, 3.8) is 0 Å². The molecule has 0 aromatic heterocycles. The fourth-order valence-electron chi connectivity index (χ4n) is 1.58. The summed E-state index contributed by atoms with van der Waals surface area (Å²) in [5, 5.41) is 0. The van der Waals surface area contributed by atoms with Crippen LogP contribution in [0.2, 0.25) is 0 Å². The maximum atomic E-state index is 5.60. The predicted octanol–water partition coefficient (Wildman–Crippen LogP) is 1.06. The third kappa shape index (κ3) is 1.37. The molecule has 0 aliphatic carbocycles. The highest BCUT2D eigenvalue weighted by molar-refractivity contribution is 5.85. The second kappa shape index (κ2) is 3.15. The summed E-state index contributed by atoms with van der Waals surface area (Å²) in [7, 11) is 0. The molecule has 0 saturated carbocycles. The fraction of sp³-hybridized carbons (Fsp3) is 0.875. The summed E-state index contributed by atoms with van der Waals surface area (Å²) in [6.45, 7) is 6.11. The van der Waals surface area contributed by atoms with E-state index in [0.717, 1.165) is 19.0 Å². The molecule has 0 aromatic rings. The molecular weight excluding hydrogens is 124 g/mol. The first-order valence-electron chi connectivity index (χ1n) is 3.96. The predicted molar refractivity (Wildman–Crippen MR) is 44.3 cm³/mol. The van der Waals surface area contributed by atoms with E-state index in [4.69, 9.17) is 5.73 Å². The normalized spacial score (nSPS) is 33.7. The van der Waals surface area contributed by atoms with Crippen LogP contribution in [-0.2, 0) is 0 Å².